The monoisotopic (exact) mass is 283 g/mol. The van der Waals surface area contributed by atoms with Gasteiger partial charge in [-0.1, -0.05) is 13.0 Å². The highest BCUT2D eigenvalue weighted by Gasteiger charge is 2.45. The van der Waals surface area contributed by atoms with Gasteiger partial charge in [0.15, 0.2) is 0 Å². The van der Waals surface area contributed by atoms with Crippen LogP contribution >= 0.6 is 15.9 Å². The fourth-order valence-corrected chi connectivity index (χ4v) is 2.34. The van der Waals surface area contributed by atoms with Crippen LogP contribution in [0, 0.1) is 5.82 Å². The van der Waals surface area contributed by atoms with E-state index in [1.807, 2.05) is 6.92 Å². The Morgan fingerprint density at radius 1 is 1.56 bits per heavy atom. The average Bonchev–Trinajstić information content (AvgIpc) is 3.03. The summed E-state index contributed by atoms with van der Waals surface area (Å²) in [6.45, 7) is 1.90. The number of benzene rings is 1. The highest BCUT2D eigenvalue weighted by atomic mass is 79.9. The molecule has 1 aromatic carbocycles. The van der Waals surface area contributed by atoms with Crippen molar-refractivity contribution >= 4 is 22.0 Å². The molecule has 0 spiro atoms. The summed E-state index contributed by atoms with van der Waals surface area (Å²) < 4.78 is 14.1. The average molecular weight is 284 g/mol. The first-order valence-electron chi connectivity index (χ1n) is 5.20. The van der Waals surface area contributed by atoms with E-state index in [4.69, 9.17) is 0 Å². The quantitative estimate of drug-likeness (QED) is 0.617. The van der Waals surface area contributed by atoms with E-state index in [2.05, 4.69) is 20.9 Å². The van der Waals surface area contributed by atoms with Crippen LogP contribution in [0.2, 0.25) is 0 Å². The third-order valence-corrected chi connectivity index (χ3v) is 3.58. The van der Waals surface area contributed by atoms with Gasteiger partial charge in [-0.05, 0) is 52.4 Å². The van der Waals surface area contributed by atoms with Crippen LogP contribution in [-0.4, -0.2) is 6.08 Å². The molecular formula is C12H11BrFNO. The summed E-state index contributed by atoms with van der Waals surface area (Å²) in [4.78, 5) is 14.2. The Morgan fingerprint density at radius 2 is 2.25 bits per heavy atom. The molecular weight excluding hydrogens is 273 g/mol. The summed E-state index contributed by atoms with van der Waals surface area (Å²) in [7, 11) is 0. The van der Waals surface area contributed by atoms with Gasteiger partial charge >= 0.3 is 0 Å². The topological polar surface area (TPSA) is 29.4 Å². The smallest absolute Gasteiger partial charge is 0.211 e. The number of carbonyl (C=O) groups excluding carboxylic acids is 1. The van der Waals surface area contributed by atoms with Crippen LogP contribution < -0.4 is 0 Å². The van der Waals surface area contributed by atoms with Crippen molar-refractivity contribution in [3.63, 3.8) is 0 Å². The van der Waals surface area contributed by atoms with E-state index >= 15 is 0 Å². The molecule has 84 valence electrons. The molecule has 0 aliphatic heterocycles. The largest absolute Gasteiger partial charge is 0.235 e. The first-order chi connectivity index (χ1) is 7.63. The fraction of sp³-hybridized carbons (Fsp3) is 0.417. The second-order valence-electron chi connectivity index (χ2n) is 4.02. The Balaban J connectivity index is 2.51. The molecule has 2 nitrogen and oxygen atoms in total. The van der Waals surface area contributed by atoms with Crippen LogP contribution in [0.3, 0.4) is 0 Å². The van der Waals surface area contributed by atoms with E-state index in [9.17, 15) is 9.18 Å². The SMILES string of the molecule is CCc1cc(C2(N=C=O)CC2)cc(Br)c1F. The van der Waals surface area contributed by atoms with Crippen molar-refractivity contribution in [3.05, 3.63) is 33.5 Å². The molecule has 0 radical (unpaired) electrons. The van der Waals surface area contributed by atoms with Crippen molar-refractivity contribution < 1.29 is 9.18 Å². The third kappa shape index (κ3) is 1.83. The van der Waals surface area contributed by atoms with Gasteiger partial charge in [0, 0.05) is 0 Å². The number of hydrogen-bond donors (Lipinski definition) is 0. The van der Waals surface area contributed by atoms with Gasteiger partial charge in [0.25, 0.3) is 0 Å². The fourth-order valence-electron chi connectivity index (χ4n) is 1.84. The molecule has 1 fully saturated rings. The normalized spacial score (nSPS) is 16.7. The van der Waals surface area contributed by atoms with E-state index in [1.54, 1.807) is 18.2 Å². The lowest BCUT2D eigenvalue weighted by Gasteiger charge is -2.11. The molecule has 2 rings (SSSR count). The maximum absolute atomic E-state index is 13.6. The molecule has 0 bridgehead atoms. The van der Waals surface area contributed by atoms with Gasteiger partial charge in [0.1, 0.15) is 5.82 Å². The Labute approximate surface area is 102 Å². The van der Waals surface area contributed by atoms with Crippen LogP contribution in [0.15, 0.2) is 21.6 Å². The second kappa shape index (κ2) is 4.11. The number of halogens is 2. The van der Waals surface area contributed by atoms with Crippen molar-refractivity contribution in [2.45, 2.75) is 31.7 Å². The lowest BCUT2D eigenvalue weighted by atomic mass is 10.0. The summed E-state index contributed by atoms with van der Waals surface area (Å²) in [6, 6.07) is 3.51. The van der Waals surface area contributed by atoms with Crippen molar-refractivity contribution in [3.8, 4) is 0 Å². The second-order valence-corrected chi connectivity index (χ2v) is 4.87. The Kier molecular flexibility index (Phi) is 2.96. The molecule has 16 heavy (non-hydrogen) atoms. The number of nitrogens with zero attached hydrogens (tertiary/aromatic N) is 1. The van der Waals surface area contributed by atoms with E-state index in [0.717, 1.165) is 18.4 Å². The molecule has 1 aliphatic carbocycles. The van der Waals surface area contributed by atoms with E-state index < -0.39 is 5.54 Å². The zero-order valence-electron chi connectivity index (χ0n) is 8.89. The lowest BCUT2D eigenvalue weighted by molar-refractivity contribution is 0.556. The minimum atomic E-state index is -0.429. The van der Waals surface area contributed by atoms with Crippen LogP contribution in [0.5, 0.6) is 0 Å². The number of aryl methyl sites for hydroxylation is 1. The standard InChI is InChI=1S/C12H11BrFNO/c1-2-8-5-9(6-10(13)11(8)14)12(3-4-12)15-7-16/h5-6H,2-4H2,1H3. The molecule has 0 atom stereocenters. The zero-order valence-corrected chi connectivity index (χ0v) is 10.5. The van der Waals surface area contributed by atoms with E-state index in [1.165, 1.54) is 0 Å². The molecule has 0 saturated heterocycles. The summed E-state index contributed by atoms with van der Waals surface area (Å²) in [6.07, 6.45) is 3.90. The number of rotatable bonds is 3. The minimum absolute atomic E-state index is 0.225. The number of hydrogen-bond acceptors (Lipinski definition) is 2. The van der Waals surface area contributed by atoms with Gasteiger partial charge in [-0.25, -0.2) is 9.18 Å². The van der Waals surface area contributed by atoms with Gasteiger partial charge in [-0.15, -0.1) is 0 Å². The molecule has 1 saturated carbocycles. The predicted molar refractivity (Wildman–Crippen MR) is 62.5 cm³/mol. The molecule has 0 N–H and O–H groups in total. The molecule has 1 aromatic rings. The van der Waals surface area contributed by atoms with Crippen molar-refractivity contribution in [1.82, 2.24) is 0 Å². The summed E-state index contributed by atoms with van der Waals surface area (Å²) in [5, 5.41) is 0. The Morgan fingerprint density at radius 3 is 2.75 bits per heavy atom. The molecule has 0 heterocycles. The van der Waals surface area contributed by atoms with Gasteiger partial charge < -0.3 is 0 Å². The molecule has 0 unspecified atom stereocenters. The van der Waals surface area contributed by atoms with Gasteiger partial charge in [0.05, 0.1) is 10.0 Å². The van der Waals surface area contributed by atoms with Crippen molar-refractivity contribution in [1.29, 1.82) is 0 Å². The van der Waals surface area contributed by atoms with Crippen LogP contribution in [0.1, 0.15) is 30.9 Å². The minimum Gasteiger partial charge on any atom is -0.211 e. The van der Waals surface area contributed by atoms with Crippen LogP contribution in [-0.2, 0) is 16.8 Å². The number of isocyanates is 1. The first-order valence-corrected chi connectivity index (χ1v) is 5.99. The Hall–Kier alpha value is -0.990. The molecule has 1 aliphatic rings. The highest BCUT2D eigenvalue weighted by molar-refractivity contribution is 9.10. The highest BCUT2D eigenvalue weighted by Crippen LogP contribution is 2.50. The molecule has 4 heteroatoms. The maximum atomic E-state index is 13.6. The van der Waals surface area contributed by atoms with E-state index in [0.29, 0.717) is 16.5 Å². The van der Waals surface area contributed by atoms with E-state index in [-0.39, 0.29) is 5.82 Å². The third-order valence-electron chi connectivity index (χ3n) is 3.01. The van der Waals surface area contributed by atoms with Gasteiger partial charge in [0.2, 0.25) is 6.08 Å². The Bertz CT molecular complexity index is 476. The summed E-state index contributed by atoms with van der Waals surface area (Å²) >= 11 is 3.19. The zero-order chi connectivity index (χ0) is 11.8. The van der Waals surface area contributed by atoms with Crippen LogP contribution in [0.25, 0.3) is 0 Å². The lowest BCUT2D eigenvalue weighted by Crippen LogP contribution is -2.04. The maximum Gasteiger partial charge on any atom is 0.235 e. The number of aliphatic imine (C=N–C) groups is 1. The summed E-state index contributed by atoms with van der Waals surface area (Å²) in [5.41, 5.74) is 1.12. The van der Waals surface area contributed by atoms with Gasteiger partial charge in [-0.2, -0.15) is 4.99 Å². The predicted octanol–water partition coefficient (Wildman–Crippen LogP) is 3.48. The first kappa shape index (κ1) is 11.5. The molecule has 0 amide bonds. The van der Waals surface area contributed by atoms with Crippen molar-refractivity contribution in [2.75, 3.05) is 0 Å². The van der Waals surface area contributed by atoms with Crippen molar-refractivity contribution in [2.24, 2.45) is 4.99 Å². The van der Waals surface area contributed by atoms with Gasteiger partial charge in [-0.3, -0.25) is 0 Å². The summed E-state index contributed by atoms with van der Waals surface area (Å²) in [5.74, 6) is -0.225. The van der Waals surface area contributed by atoms with Crippen LogP contribution in [0.4, 0.5) is 4.39 Å². The molecule has 0 aromatic heterocycles.